The molecule has 2 rings (SSSR count). The first-order chi connectivity index (χ1) is 6.68. The van der Waals surface area contributed by atoms with Crippen molar-refractivity contribution in [2.75, 3.05) is 0 Å². The Morgan fingerprint density at radius 1 is 1.43 bits per heavy atom. The van der Waals surface area contributed by atoms with Gasteiger partial charge in [0.25, 0.3) is 5.69 Å². The van der Waals surface area contributed by atoms with Crippen molar-refractivity contribution in [1.82, 2.24) is 0 Å². The van der Waals surface area contributed by atoms with Crippen LogP contribution in [-0.2, 0) is 11.2 Å². The number of hydrogen-bond donors (Lipinski definition) is 0. The Kier molecular flexibility index (Phi) is 1.85. The molecule has 0 N–H and O–H groups in total. The number of carbonyl (C=O) groups is 1. The van der Waals surface area contributed by atoms with E-state index in [1.807, 2.05) is 0 Å². The van der Waals surface area contributed by atoms with Crippen molar-refractivity contribution in [3.05, 3.63) is 33.9 Å². The Labute approximate surface area is 79.2 Å². The fraction of sp³-hybridized carbons (Fsp3) is 0.111. The quantitative estimate of drug-likeness (QED) is 0.496. The number of para-hydroxylation sites is 1. The standard InChI is InChI=1S/C9H6N2O3/c12-7-4-6-2-1-3-8(11(13)14)9(6)10-5-7/h1-3,5H,4H2. The molecule has 14 heavy (non-hydrogen) atoms. The normalized spacial score (nSPS) is 13.9. The number of carbonyl (C=O) groups excluding carboxylic acids is 1. The molecule has 5 nitrogen and oxygen atoms in total. The third-order valence-corrected chi connectivity index (χ3v) is 2.00. The lowest BCUT2D eigenvalue weighted by atomic mass is 10.0. The van der Waals surface area contributed by atoms with E-state index < -0.39 is 4.92 Å². The molecule has 1 aromatic rings. The zero-order chi connectivity index (χ0) is 10.1. The van der Waals surface area contributed by atoms with Gasteiger partial charge in [0.05, 0.1) is 11.1 Å². The first-order valence-electron chi connectivity index (χ1n) is 4.01. The molecule has 0 bridgehead atoms. The summed E-state index contributed by atoms with van der Waals surface area (Å²) in [4.78, 5) is 24.9. The third kappa shape index (κ3) is 1.28. The summed E-state index contributed by atoms with van der Waals surface area (Å²) in [5, 5.41) is 10.6. The Hall–Kier alpha value is -2.04. The SMILES string of the molecule is O=C1C=Nc2c(cccc2[N+](=O)[O-])C1. The minimum atomic E-state index is -0.494. The molecule has 0 fully saturated rings. The Morgan fingerprint density at radius 2 is 2.21 bits per heavy atom. The predicted octanol–water partition coefficient (Wildman–Crippen LogP) is 1.42. The van der Waals surface area contributed by atoms with E-state index in [4.69, 9.17) is 0 Å². The molecule has 1 aliphatic rings. The van der Waals surface area contributed by atoms with E-state index in [9.17, 15) is 14.9 Å². The fourth-order valence-corrected chi connectivity index (χ4v) is 1.39. The number of nitro groups is 1. The van der Waals surface area contributed by atoms with Gasteiger partial charge in [-0.15, -0.1) is 0 Å². The highest BCUT2D eigenvalue weighted by molar-refractivity contribution is 6.30. The van der Waals surface area contributed by atoms with E-state index in [0.717, 1.165) is 6.21 Å². The van der Waals surface area contributed by atoms with E-state index in [0.29, 0.717) is 11.3 Å². The maximum absolute atomic E-state index is 11.0. The van der Waals surface area contributed by atoms with Gasteiger partial charge in [0, 0.05) is 12.5 Å². The molecule has 5 heteroatoms. The van der Waals surface area contributed by atoms with Crippen LogP contribution in [0, 0.1) is 10.1 Å². The molecular formula is C9H6N2O3. The van der Waals surface area contributed by atoms with E-state index in [1.54, 1.807) is 12.1 Å². The van der Waals surface area contributed by atoms with Crippen molar-refractivity contribution in [2.45, 2.75) is 6.42 Å². The van der Waals surface area contributed by atoms with Crippen molar-refractivity contribution in [3.63, 3.8) is 0 Å². The largest absolute Gasteiger partial charge is 0.295 e. The number of Topliss-reactive ketones (excluding diaryl/α,β-unsaturated/α-hetero) is 1. The predicted molar refractivity (Wildman–Crippen MR) is 50.0 cm³/mol. The van der Waals surface area contributed by atoms with Gasteiger partial charge in [-0.25, -0.2) is 4.99 Å². The van der Waals surface area contributed by atoms with Crippen LogP contribution in [0.3, 0.4) is 0 Å². The Morgan fingerprint density at radius 3 is 2.93 bits per heavy atom. The van der Waals surface area contributed by atoms with E-state index >= 15 is 0 Å². The molecule has 0 atom stereocenters. The first kappa shape index (κ1) is 8.55. The zero-order valence-corrected chi connectivity index (χ0v) is 7.14. The van der Waals surface area contributed by atoms with E-state index in [1.165, 1.54) is 6.07 Å². The summed E-state index contributed by atoms with van der Waals surface area (Å²) in [6.07, 6.45) is 1.33. The van der Waals surface area contributed by atoms with Gasteiger partial charge < -0.3 is 0 Å². The van der Waals surface area contributed by atoms with Crippen molar-refractivity contribution >= 4 is 23.4 Å². The maximum atomic E-state index is 11.0. The number of fused-ring (bicyclic) bond motifs is 1. The number of ketones is 1. The third-order valence-electron chi connectivity index (χ3n) is 2.00. The van der Waals surface area contributed by atoms with Crippen LogP contribution in [0.1, 0.15) is 5.56 Å². The van der Waals surface area contributed by atoms with Crippen LogP contribution < -0.4 is 0 Å². The second-order valence-electron chi connectivity index (χ2n) is 2.94. The summed E-state index contributed by atoms with van der Waals surface area (Å²) in [7, 11) is 0. The molecule has 0 spiro atoms. The lowest BCUT2D eigenvalue weighted by Crippen LogP contribution is -2.09. The topological polar surface area (TPSA) is 72.6 Å². The number of rotatable bonds is 1. The van der Waals surface area contributed by atoms with Gasteiger partial charge in [-0.3, -0.25) is 14.9 Å². The summed E-state index contributed by atoms with van der Waals surface area (Å²) in [6, 6.07) is 4.62. The van der Waals surface area contributed by atoms with Crippen LogP contribution in [0.5, 0.6) is 0 Å². The number of hydrogen-bond acceptors (Lipinski definition) is 4. The van der Waals surface area contributed by atoms with Crippen LogP contribution >= 0.6 is 0 Å². The van der Waals surface area contributed by atoms with Gasteiger partial charge in [-0.2, -0.15) is 0 Å². The van der Waals surface area contributed by atoms with Crippen molar-refractivity contribution in [2.24, 2.45) is 4.99 Å². The highest BCUT2D eigenvalue weighted by Crippen LogP contribution is 2.32. The van der Waals surface area contributed by atoms with Gasteiger partial charge in [0.1, 0.15) is 5.69 Å². The molecule has 0 saturated carbocycles. The van der Waals surface area contributed by atoms with E-state index in [2.05, 4.69) is 4.99 Å². The molecule has 0 saturated heterocycles. The molecule has 70 valence electrons. The molecule has 0 radical (unpaired) electrons. The maximum Gasteiger partial charge on any atom is 0.295 e. The van der Waals surface area contributed by atoms with Gasteiger partial charge in [-0.1, -0.05) is 12.1 Å². The van der Waals surface area contributed by atoms with Gasteiger partial charge in [0.15, 0.2) is 5.78 Å². The zero-order valence-electron chi connectivity index (χ0n) is 7.14. The summed E-state index contributed by atoms with van der Waals surface area (Å²) in [5.41, 5.74) is 0.870. The summed E-state index contributed by atoms with van der Waals surface area (Å²) >= 11 is 0. The second-order valence-corrected chi connectivity index (χ2v) is 2.94. The number of nitro benzene ring substituents is 1. The summed E-state index contributed by atoms with van der Waals surface area (Å²) in [5.74, 6) is -0.127. The average Bonchev–Trinajstić information content (AvgIpc) is 2.16. The number of benzene rings is 1. The van der Waals surface area contributed by atoms with Crippen LogP contribution in [0.15, 0.2) is 23.2 Å². The molecule has 1 aromatic carbocycles. The molecule has 0 unspecified atom stereocenters. The molecule has 1 aliphatic heterocycles. The van der Waals surface area contributed by atoms with Crippen LogP contribution in [0.25, 0.3) is 0 Å². The molecule has 0 amide bonds. The fourth-order valence-electron chi connectivity index (χ4n) is 1.39. The lowest BCUT2D eigenvalue weighted by Gasteiger charge is -2.07. The average molecular weight is 190 g/mol. The minimum absolute atomic E-state index is 0.0498. The number of nitrogens with zero attached hydrogens (tertiary/aromatic N) is 2. The second kappa shape index (κ2) is 3.02. The molecule has 0 aromatic heterocycles. The number of aliphatic imine (C=N–C) groups is 1. The van der Waals surface area contributed by atoms with Crippen molar-refractivity contribution in [3.8, 4) is 0 Å². The summed E-state index contributed by atoms with van der Waals surface area (Å²) < 4.78 is 0. The Bertz CT molecular complexity index is 451. The summed E-state index contributed by atoms with van der Waals surface area (Å²) in [6.45, 7) is 0. The lowest BCUT2D eigenvalue weighted by molar-refractivity contribution is -0.384. The van der Waals surface area contributed by atoms with Gasteiger partial charge in [-0.05, 0) is 5.56 Å². The van der Waals surface area contributed by atoms with Crippen LogP contribution in [-0.4, -0.2) is 16.9 Å². The molecule has 0 aliphatic carbocycles. The Balaban J connectivity index is 2.61. The van der Waals surface area contributed by atoms with Crippen molar-refractivity contribution in [1.29, 1.82) is 0 Å². The smallest absolute Gasteiger partial charge is 0.293 e. The monoisotopic (exact) mass is 190 g/mol. The highest BCUT2D eigenvalue weighted by atomic mass is 16.6. The van der Waals surface area contributed by atoms with Crippen LogP contribution in [0.4, 0.5) is 11.4 Å². The minimum Gasteiger partial charge on any atom is -0.293 e. The van der Waals surface area contributed by atoms with Crippen LogP contribution in [0.2, 0.25) is 0 Å². The van der Waals surface area contributed by atoms with Gasteiger partial charge >= 0.3 is 0 Å². The van der Waals surface area contributed by atoms with Crippen molar-refractivity contribution < 1.29 is 9.72 Å². The first-order valence-corrected chi connectivity index (χ1v) is 4.01. The highest BCUT2D eigenvalue weighted by Gasteiger charge is 2.20. The molecule has 1 heterocycles. The van der Waals surface area contributed by atoms with Gasteiger partial charge in [0.2, 0.25) is 0 Å². The molecular weight excluding hydrogens is 184 g/mol. The van der Waals surface area contributed by atoms with E-state index in [-0.39, 0.29) is 17.9 Å².